The van der Waals surface area contributed by atoms with Gasteiger partial charge < -0.3 is 0 Å². The predicted molar refractivity (Wildman–Crippen MR) is 88.4 cm³/mol. The largest absolute Gasteiger partial charge is 0.239 e. The lowest BCUT2D eigenvalue weighted by Crippen LogP contribution is -2.13. The Morgan fingerprint density at radius 2 is 1.83 bits per heavy atom. The normalized spacial score (nSPS) is 11.6. The van der Waals surface area contributed by atoms with Gasteiger partial charge in [0.05, 0.1) is 0 Å². The third kappa shape index (κ3) is 3.31. The van der Waals surface area contributed by atoms with E-state index in [9.17, 15) is 8.42 Å². The number of rotatable bonds is 3. The molecule has 0 spiro atoms. The molecular weight excluding hydrogens is 382 g/mol. The zero-order chi connectivity index (χ0) is 16.6. The molecule has 23 heavy (non-hydrogen) atoms. The van der Waals surface area contributed by atoms with Gasteiger partial charge in [-0.1, -0.05) is 28.1 Å². The van der Waals surface area contributed by atoms with Crippen molar-refractivity contribution >= 4 is 26.0 Å². The number of primary sulfonamides is 1. The highest BCUT2D eigenvalue weighted by Gasteiger charge is 2.14. The van der Waals surface area contributed by atoms with Gasteiger partial charge in [-0.25, -0.2) is 23.5 Å². The minimum atomic E-state index is -3.78. The van der Waals surface area contributed by atoms with Crippen LogP contribution in [0.2, 0.25) is 0 Å². The molecule has 3 rings (SSSR count). The number of nitrogens with zero attached hydrogens (tertiary/aromatic N) is 4. The Morgan fingerprint density at radius 3 is 2.39 bits per heavy atom. The van der Waals surface area contributed by atoms with Crippen LogP contribution in [0.4, 0.5) is 0 Å². The second-order valence-corrected chi connectivity index (χ2v) is 7.28. The van der Waals surface area contributed by atoms with Crippen LogP contribution in [0.3, 0.4) is 0 Å². The molecule has 0 saturated heterocycles. The van der Waals surface area contributed by atoms with Crippen LogP contribution in [0.25, 0.3) is 17.2 Å². The summed E-state index contributed by atoms with van der Waals surface area (Å²) in [6.07, 6.45) is 1.20. The Hall–Kier alpha value is -2.10. The van der Waals surface area contributed by atoms with Gasteiger partial charge in [-0.15, -0.1) is 5.10 Å². The maximum Gasteiger partial charge on any atom is 0.239 e. The summed E-state index contributed by atoms with van der Waals surface area (Å²) in [6, 6.07) is 10.5. The molecule has 0 saturated carbocycles. The van der Waals surface area contributed by atoms with E-state index in [0.717, 1.165) is 10.0 Å². The van der Waals surface area contributed by atoms with Crippen molar-refractivity contribution in [2.45, 2.75) is 11.8 Å². The lowest BCUT2D eigenvalue weighted by atomic mass is 10.2. The summed E-state index contributed by atoms with van der Waals surface area (Å²) < 4.78 is 25.1. The fourth-order valence-electron chi connectivity index (χ4n) is 2.03. The third-order valence-electron chi connectivity index (χ3n) is 3.08. The molecule has 7 nitrogen and oxygen atoms in total. The molecule has 0 unspecified atom stereocenters. The van der Waals surface area contributed by atoms with E-state index in [-0.39, 0.29) is 4.90 Å². The van der Waals surface area contributed by atoms with Crippen molar-refractivity contribution in [1.82, 2.24) is 19.7 Å². The van der Waals surface area contributed by atoms with Crippen LogP contribution in [0, 0.1) is 6.92 Å². The minimum Gasteiger partial charge on any atom is -0.236 e. The number of pyridine rings is 1. The van der Waals surface area contributed by atoms with Crippen LogP contribution < -0.4 is 5.14 Å². The molecule has 0 radical (unpaired) electrons. The molecule has 1 aromatic carbocycles. The molecular formula is C14H12BrN5O2S. The highest BCUT2D eigenvalue weighted by atomic mass is 79.9. The van der Waals surface area contributed by atoms with Gasteiger partial charge in [-0.2, -0.15) is 4.68 Å². The van der Waals surface area contributed by atoms with Gasteiger partial charge in [0.15, 0.2) is 11.6 Å². The second kappa shape index (κ2) is 5.84. The van der Waals surface area contributed by atoms with Gasteiger partial charge in [-0.3, -0.25) is 0 Å². The van der Waals surface area contributed by atoms with Crippen molar-refractivity contribution in [2.75, 3.05) is 0 Å². The maximum absolute atomic E-state index is 11.3. The SMILES string of the molecule is Cc1nc(-c2ccc(Br)cc2)n(-c2ccc(S(N)(=O)=O)cn2)n1. The van der Waals surface area contributed by atoms with Crippen molar-refractivity contribution in [1.29, 1.82) is 0 Å². The Morgan fingerprint density at radius 1 is 1.13 bits per heavy atom. The molecule has 2 aromatic heterocycles. The fraction of sp³-hybridized carbons (Fsp3) is 0.0714. The highest BCUT2D eigenvalue weighted by Crippen LogP contribution is 2.22. The highest BCUT2D eigenvalue weighted by molar-refractivity contribution is 9.10. The number of sulfonamides is 1. The first-order valence-electron chi connectivity index (χ1n) is 6.53. The summed E-state index contributed by atoms with van der Waals surface area (Å²) in [5.74, 6) is 1.65. The summed E-state index contributed by atoms with van der Waals surface area (Å²) in [6.45, 7) is 1.78. The third-order valence-corrected chi connectivity index (χ3v) is 4.51. The minimum absolute atomic E-state index is 0.0525. The van der Waals surface area contributed by atoms with Gasteiger partial charge in [0.25, 0.3) is 0 Å². The van der Waals surface area contributed by atoms with Crippen LogP contribution >= 0.6 is 15.9 Å². The summed E-state index contributed by atoms with van der Waals surface area (Å²) in [5, 5.41) is 9.40. The summed E-state index contributed by atoms with van der Waals surface area (Å²) >= 11 is 3.39. The zero-order valence-corrected chi connectivity index (χ0v) is 14.4. The molecule has 9 heteroatoms. The van der Waals surface area contributed by atoms with Gasteiger partial charge in [-0.05, 0) is 31.2 Å². The zero-order valence-electron chi connectivity index (χ0n) is 12.0. The Bertz CT molecular complexity index is 950. The number of aromatic nitrogens is 4. The quantitative estimate of drug-likeness (QED) is 0.732. The van der Waals surface area contributed by atoms with E-state index < -0.39 is 10.0 Å². The van der Waals surface area contributed by atoms with Gasteiger partial charge in [0.1, 0.15) is 10.7 Å². The molecule has 3 aromatic rings. The summed E-state index contributed by atoms with van der Waals surface area (Å²) in [5.41, 5.74) is 0.867. The number of halogens is 1. The van der Waals surface area contributed by atoms with Crippen molar-refractivity contribution < 1.29 is 8.42 Å². The maximum atomic E-state index is 11.3. The van der Waals surface area contributed by atoms with E-state index in [2.05, 4.69) is 31.0 Å². The number of hydrogen-bond donors (Lipinski definition) is 1. The molecule has 0 aliphatic heterocycles. The first-order valence-corrected chi connectivity index (χ1v) is 8.87. The molecule has 118 valence electrons. The van der Waals surface area contributed by atoms with Crippen LogP contribution in [-0.2, 0) is 10.0 Å². The van der Waals surface area contributed by atoms with Crippen molar-refractivity contribution in [3.63, 3.8) is 0 Å². The van der Waals surface area contributed by atoms with E-state index in [4.69, 9.17) is 5.14 Å². The molecule has 2 N–H and O–H groups in total. The first-order chi connectivity index (χ1) is 10.8. The lowest BCUT2D eigenvalue weighted by Gasteiger charge is -2.06. The first kappa shape index (κ1) is 15.8. The predicted octanol–water partition coefficient (Wildman–Crippen LogP) is 2.05. The Kier molecular flexibility index (Phi) is 4.00. The molecule has 0 bridgehead atoms. The van der Waals surface area contributed by atoms with Crippen LogP contribution in [0.5, 0.6) is 0 Å². The standard InChI is InChI=1S/C14H12BrN5O2S/c1-9-18-14(10-2-4-11(15)5-3-10)20(19-9)13-7-6-12(8-17-13)23(16,21)22/h2-8H,1H3,(H2,16,21,22). The van der Waals surface area contributed by atoms with E-state index in [0.29, 0.717) is 17.5 Å². The van der Waals surface area contributed by atoms with Crippen molar-refractivity contribution in [2.24, 2.45) is 5.14 Å². The number of aryl methyl sites for hydroxylation is 1. The Balaban J connectivity index is 2.09. The second-order valence-electron chi connectivity index (χ2n) is 4.80. The molecule has 0 atom stereocenters. The smallest absolute Gasteiger partial charge is 0.236 e. The number of benzene rings is 1. The van der Waals surface area contributed by atoms with E-state index in [1.807, 2.05) is 24.3 Å². The molecule has 0 aliphatic carbocycles. The van der Waals surface area contributed by atoms with E-state index >= 15 is 0 Å². The van der Waals surface area contributed by atoms with Gasteiger partial charge >= 0.3 is 0 Å². The number of hydrogen-bond acceptors (Lipinski definition) is 5. The van der Waals surface area contributed by atoms with E-state index in [1.165, 1.54) is 18.3 Å². The topological polar surface area (TPSA) is 104 Å². The molecule has 2 heterocycles. The average Bonchev–Trinajstić information content (AvgIpc) is 2.89. The summed E-state index contributed by atoms with van der Waals surface area (Å²) in [7, 11) is -3.78. The van der Waals surface area contributed by atoms with E-state index in [1.54, 1.807) is 11.6 Å². The fourth-order valence-corrected chi connectivity index (χ4v) is 2.75. The van der Waals surface area contributed by atoms with Crippen molar-refractivity contribution in [3.05, 3.63) is 52.9 Å². The van der Waals surface area contributed by atoms with Crippen LogP contribution in [-0.4, -0.2) is 28.2 Å². The summed E-state index contributed by atoms with van der Waals surface area (Å²) in [4.78, 5) is 8.48. The van der Waals surface area contributed by atoms with Crippen LogP contribution in [0.15, 0.2) is 52.0 Å². The Labute approximate surface area is 141 Å². The molecule has 0 aliphatic rings. The van der Waals surface area contributed by atoms with Gasteiger partial charge in [0, 0.05) is 16.2 Å². The number of nitrogens with two attached hydrogens (primary N) is 1. The average molecular weight is 394 g/mol. The molecule has 0 fully saturated rings. The van der Waals surface area contributed by atoms with Gasteiger partial charge in [0.2, 0.25) is 10.0 Å². The van der Waals surface area contributed by atoms with Crippen LogP contribution in [0.1, 0.15) is 5.82 Å². The monoisotopic (exact) mass is 393 g/mol. The van der Waals surface area contributed by atoms with Crippen molar-refractivity contribution in [3.8, 4) is 17.2 Å². The molecule has 0 amide bonds. The lowest BCUT2D eigenvalue weighted by molar-refractivity contribution is 0.597.